The van der Waals surface area contributed by atoms with Crippen molar-refractivity contribution in [1.29, 1.82) is 0 Å². The molecule has 0 aromatic heterocycles. The van der Waals surface area contributed by atoms with Gasteiger partial charge in [-0.05, 0) is 48.4 Å². The lowest BCUT2D eigenvalue weighted by Gasteiger charge is -2.18. The van der Waals surface area contributed by atoms with E-state index in [2.05, 4.69) is 5.32 Å². The summed E-state index contributed by atoms with van der Waals surface area (Å²) < 4.78 is 5.43. The first-order valence-corrected chi connectivity index (χ1v) is 8.26. The van der Waals surface area contributed by atoms with Gasteiger partial charge in [-0.2, -0.15) is 0 Å². The number of nitrogens with one attached hydrogen (secondary N) is 1. The zero-order valence-electron chi connectivity index (χ0n) is 13.5. The number of hydrogen-bond donors (Lipinski definition) is 2. The first kappa shape index (κ1) is 19.1. The lowest BCUT2D eigenvalue weighted by atomic mass is 10.0. The van der Waals surface area contributed by atoms with E-state index in [4.69, 9.17) is 33.0 Å². The van der Waals surface area contributed by atoms with Crippen molar-refractivity contribution in [2.75, 3.05) is 6.61 Å². The Morgan fingerprint density at radius 1 is 1.16 bits per heavy atom. The summed E-state index contributed by atoms with van der Waals surface area (Å²) in [5.74, 6) is -0.929. The number of ether oxygens (including phenoxy) is 1. The molecule has 0 spiro atoms. The summed E-state index contributed by atoms with van der Waals surface area (Å²) in [6.07, 6.45) is -0.243. The molecule has 0 unspecified atom stereocenters. The third-order valence-electron chi connectivity index (χ3n) is 3.49. The molecular weight excluding hydrogens is 365 g/mol. The summed E-state index contributed by atoms with van der Waals surface area (Å²) in [5.41, 5.74) is 1.49. The topological polar surface area (TPSA) is 75.6 Å². The van der Waals surface area contributed by atoms with Crippen molar-refractivity contribution in [2.45, 2.75) is 19.4 Å². The maximum atomic E-state index is 12.1. The van der Waals surface area contributed by atoms with Gasteiger partial charge < -0.3 is 15.2 Å². The van der Waals surface area contributed by atoms with E-state index in [1.165, 1.54) is 0 Å². The normalized spacial score (nSPS) is 11.6. The van der Waals surface area contributed by atoms with Crippen molar-refractivity contribution in [3.8, 4) is 5.75 Å². The van der Waals surface area contributed by atoms with Crippen LogP contribution in [0.2, 0.25) is 10.0 Å². The van der Waals surface area contributed by atoms with Crippen LogP contribution in [-0.4, -0.2) is 23.6 Å². The minimum absolute atomic E-state index is 0.231. The van der Waals surface area contributed by atoms with Gasteiger partial charge in [-0.1, -0.05) is 35.3 Å². The van der Waals surface area contributed by atoms with Gasteiger partial charge in [0.1, 0.15) is 5.75 Å². The van der Waals surface area contributed by atoms with Crippen molar-refractivity contribution in [2.24, 2.45) is 0 Å². The first-order valence-electron chi connectivity index (χ1n) is 7.50. The van der Waals surface area contributed by atoms with Crippen LogP contribution < -0.4 is 10.1 Å². The van der Waals surface area contributed by atoms with E-state index in [0.717, 1.165) is 5.56 Å². The minimum Gasteiger partial charge on any atom is -0.484 e. The number of rotatable bonds is 7. The molecule has 132 valence electrons. The molecule has 25 heavy (non-hydrogen) atoms. The molecule has 0 fully saturated rings. The van der Waals surface area contributed by atoms with Crippen molar-refractivity contribution in [3.05, 3.63) is 63.6 Å². The smallest absolute Gasteiger partial charge is 0.305 e. The lowest BCUT2D eigenvalue weighted by molar-refractivity contribution is -0.137. The molecule has 2 rings (SSSR count). The third-order valence-corrected chi connectivity index (χ3v) is 4.16. The van der Waals surface area contributed by atoms with Gasteiger partial charge in [-0.15, -0.1) is 0 Å². The number of carboxylic acids is 1. The van der Waals surface area contributed by atoms with Crippen molar-refractivity contribution >= 4 is 35.1 Å². The average molecular weight is 382 g/mol. The Labute approximate surface area is 155 Å². The molecule has 0 saturated carbocycles. The van der Waals surface area contributed by atoms with E-state index >= 15 is 0 Å². The SMILES string of the molecule is Cc1cc(OCC(=O)N[C@@H](CC(=O)O)c2ccc(Cl)cc2)ccc1Cl. The summed E-state index contributed by atoms with van der Waals surface area (Å²) in [4.78, 5) is 23.2. The average Bonchev–Trinajstić information content (AvgIpc) is 2.55. The van der Waals surface area contributed by atoms with Gasteiger partial charge in [0.15, 0.2) is 6.61 Å². The summed E-state index contributed by atoms with van der Waals surface area (Å²) >= 11 is 11.8. The Kier molecular flexibility index (Phi) is 6.67. The van der Waals surface area contributed by atoms with Crippen LogP contribution >= 0.6 is 23.2 Å². The second kappa shape index (κ2) is 8.74. The number of halogens is 2. The summed E-state index contributed by atoms with van der Waals surface area (Å²) in [6.45, 7) is 1.60. The third kappa shape index (κ3) is 5.96. The van der Waals surface area contributed by atoms with Gasteiger partial charge in [-0.3, -0.25) is 9.59 Å². The molecule has 2 aromatic carbocycles. The van der Waals surface area contributed by atoms with Crippen molar-refractivity contribution in [3.63, 3.8) is 0 Å². The molecule has 1 amide bonds. The molecule has 0 aliphatic rings. The highest BCUT2D eigenvalue weighted by atomic mass is 35.5. The highest BCUT2D eigenvalue weighted by molar-refractivity contribution is 6.31. The van der Waals surface area contributed by atoms with E-state index in [1.807, 2.05) is 6.92 Å². The predicted octanol–water partition coefficient (Wildman–Crippen LogP) is 4.01. The Balaban J connectivity index is 1.99. The number of carbonyl (C=O) groups is 2. The number of aliphatic carboxylic acids is 1. The number of aryl methyl sites for hydroxylation is 1. The summed E-state index contributed by atoms with van der Waals surface area (Å²) in [5, 5.41) is 12.9. The minimum atomic E-state index is -1.02. The Morgan fingerprint density at radius 3 is 2.44 bits per heavy atom. The number of hydrogen-bond acceptors (Lipinski definition) is 3. The van der Waals surface area contributed by atoms with Crippen LogP contribution in [0.15, 0.2) is 42.5 Å². The van der Waals surface area contributed by atoms with Crippen LogP contribution in [0.4, 0.5) is 0 Å². The first-order chi connectivity index (χ1) is 11.8. The Hall–Kier alpha value is -2.24. The molecule has 0 bridgehead atoms. The molecule has 5 nitrogen and oxygen atoms in total. The Morgan fingerprint density at radius 2 is 1.84 bits per heavy atom. The molecule has 0 aliphatic heterocycles. The maximum Gasteiger partial charge on any atom is 0.305 e. The predicted molar refractivity (Wildman–Crippen MR) is 96.3 cm³/mol. The largest absolute Gasteiger partial charge is 0.484 e. The highest BCUT2D eigenvalue weighted by Crippen LogP contribution is 2.22. The summed E-state index contributed by atoms with van der Waals surface area (Å²) in [7, 11) is 0. The fourth-order valence-corrected chi connectivity index (χ4v) is 2.46. The van der Waals surface area contributed by atoms with Gasteiger partial charge in [0.2, 0.25) is 0 Å². The van der Waals surface area contributed by atoms with Crippen LogP contribution in [0.3, 0.4) is 0 Å². The summed E-state index contributed by atoms with van der Waals surface area (Å²) in [6, 6.07) is 11.1. The second-order valence-electron chi connectivity index (χ2n) is 5.47. The van der Waals surface area contributed by atoms with Crippen LogP contribution in [0, 0.1) is 6.92 Å². The molecule has 0 saturated heterocycles. The number of carbonyl (C=O) groups excluding carboxylic acids is 1. The number of carboxylic acid groups (broad SMARTS) is 1. The van der Waals surface area contributed by atoms with Gasteiger partial charge in [0.05, 0.1) is 12.5 Å². The molecule has 0 radical (unpaired) electrons. The van der Waals surface area contributed by atoms with Crippen LogP contribution in [0.25, 0.3) is 0 Å². The van der Waals surface area contributed by atoms with E-state index in [-0.39, 0.29) is 13.0 Å². The zero-order valence-corrected chi connectivity index (χ0v) is 15.0. The Bertz CT molecular complexity index is 762. The maximum absolute atomic E-state index is 12.1. The van der Waals surface area contributed by atoms with Crippen LogP contribution in [0.5, 0.6) is 5.75 Å². The van der Waals surface area contributed by atoms with E-state index in [9.17, 15) is 9.59 Å². The molecule has 2 N–H and O–H groups in total. The van der Waals surface area contributed by atoms with E-state index in [1.54, 1.807) is 42.5 Å². The molecule has 0 aliphatic carbocycles. The van der Waals surface area contributed by atoms with Gasteiger partial charge in [-0.25, -0.2) is 0 Å². The van der Waals surface area contributed by atoms with Gasteiger partial charge in [0, 0.05) is 10.0 Å². The fourth-order valence-electron chi connectivity index (χ4n) is 2.21. The number of benzene rings is 2. The zero-order chi connectivity index (χ0) is 18.4. The van der Waals surface area contributed by atoms with Crippen LogP contribution in [0.1, 0.15) is 23.6 Å². The molecule has 0 heterocycles. The second-order valence-corrected chi connectivity index (χ2v) is 6.31. The number of amides is 1. The molecule has 1 atom stereocenters. The van der Waals surface area contributed by atoms with E-state index in [0.29, 0.717) is 21.4 Å². The van der Waals surface area contributed by atoms with Gasteiger partial charge >= 0.3 is 5.97 Å². The highest BCUT2D eigenvalue weighted by Gasteiger charge is 2.18. The van der Waals surface area contributed by atoms with E-state index < -0.39 is 17.9 Å². The van der Waals surface area contributed by atoms with Crippen molar-refractivity contribution < 1.29 is 19.4 Å². The standard InChI is InChI=1S/C18H17Cl2NO4/c1-11-8-14(6-7-15(11)20)25-10-17(22)21-16(9-18(23)24)12-2-4-13(19)5-3-12/h2-8,16H,9-10H2,1H3,(H,21,22)(H,23,24)/t16-/m0/s1. The molecule has 7 heteroatoms. The monoisotopic (exact) mass is 381 g/mol. The van der Waals surface area contributed by atoms with Gasteiger partial charge in [0.25, 0.3) is 5.91 Å². The quantitative estimate of drug-likeness (QED) is 0.759. The van der Waals surface area contributed by atoms with Crippen molar-refractivity contribution in [1.82, 2.24) is 5.32 Å². The lowest BCUT2D eigenvalue weighted by Crippen LogP contribution is -2.33. The molecule has 2 aromatic rings. The fraction of sp³-hybridized carbons (Fsp3) is 0.222. The molecular formula is C18H17Cl2NO4. The van der Waals surface area contributed by atoms with Crippen LogP contribution in [-0.2, 0) is 9.59 Å².